The topological polar surface area (TPSA) is 73.0 Å². The van der Waals surface area contributed by atoms with Crippen molar-refractivity contribution in [1.82, 2.24) is 19.6 Å². The van der Waals surface area contributed by atoms with E-state index in [2.05, 4.69) is 36.0 Å². The number of hydrogen-bond acceptors (Lipinski definition) is 5. The van der Waals surface area contributed by atoms with Crippen LogP contribution in [0.25, 0.3) is 22.6 Å². The second kappa shape index (κ2) is 7.16. The van der Waals surface area contributed by atoms with Crippen LogP contribution in [0.1, 0.15) is 5.56 Å². The molecular weight excluding hydrogens is 413 g/mol. The first-order chi connectivity index (χ1) is 13.1. The van der Waals surface area contributed by atoms with Gasteiger partial charge in [-0.05, 0) is 42.0 Å². The first kappa shape index (κ1) is 17.2. The minimum atomic E-state index is -0.458. The SMILES string of the molecule is O=c1c2nccnc2nc(-c2ccc(F)cc2)n1N=Cc1ccc(Br)cc1. The zero-order chi connectivity index (χ0) is 18.8. The molecule has 2 heterocycles. The molecule has 2 aromatic carbocycles. The standard InChI is InChI=1S/C19H11BrFN5O/c20-14-5-1-12(2-6-14)11-24-26-18(13-3-7-15(21)8-4-13)25-17-16(19(26)27)22-9-10-23-17/h1-11H. The maximum absolute atomic E-state index is 13.3. The van der Waals surface area contributed by atoms with Crippen molar-refractivity contribution < 1.29 is 4.39 Å². The van der Waals surface area contributed by atoms with Crippen molar-refractivity contribution in [2.24, 2.45) is 5.10 Å². The smallest absolute Gasteiger partial charge is 0.265 e. The summed E-state index contributed by atoms with van der Waals surface area (Å²) in [5.74, 6) is -0.132. The van der Waals surface area contributed by atoms with Crippen LogP contribution in [0.5, 0.6) is 0 Å². The molecule has 4 aromatic rings. The van der Waals surface area contributed by atoms with Crippen molar-refractivity contribution >= 4 is 33.3 Å². The first-order valence-corrected chi connectivity index (χ1v) is 8.71. The molecule has 0 aliphatic carbocycles. The number of fused-ring (bicyclic) bond motifs is 1. The van der Waals surface area contributed by atoms with Crippen molar-refractivity contribution in [3.8, 4) is 11.4 Å². The number of halogens is 2. The second-order valence-electron chi connectivity index (χ2n) is 5.58. The van der Waals surface area contributed by atoms with Gasteiger partial charge in [0.2, 0.25) is 0 Å². The Hall–Kier alpha value is -3.26. The van der Waals surface area contributed by atoms with Gasteiger partial charge in [0.05, 0.1) is 6.21 Å². The quantitative estimate of drug-likeness (QED) is 0.471. The Morgan fingerprint density at radius 3 is 2.44 bits per heavy atom. The molecular formula is C19H11BrFN5O. The van der Waals surface area contributed by atoms with Gasteiger partial charge in [0, 0.05) is 22.4 Å². The summed E-state index contributed by atoms with van der Waals surface area (Å²) in [6, 6.07) is 13.1. The van der Waals surface area contributed by atoms with Gasteiger partial charge in [-0.15, -0.1) is 0 Å². The highest BCUT2D eigenvalue weighted by atomic mass is 79.9. The van der Waals surface area contributed by atoms with Crippen molar-refractivity contribution in [2.45, 2.75) is 0 Å². The molecule has 132 valence electrons. The lowest BCUT2D eigenvalue weighted by molar-refractivity contribution is 0.628. The molecule has 4 rings (SSSR count). The Bertz CT molecular complexity index is 1200. The predicted molar refractivity (Wildman–Crippen MR) is 104 cm³/mol. The van der Waals surface area contributed by atoms with Crippen molar-refractivity contribution in [1.29, 1.82) is 0 Å². The second-order valence-corrected chi connectivity index (χ2v) is 6.50. The van der Waals surface area contributed by atoms with Gasteiger partial charge in [0.15, 0.2) is 17.0 Å². The molecule has 0 unspecified atom stereocenters. The van der Waals surface area contributed by atoms with Gasteiger partial charge in [-0.2, -0.15) is 9.78 Å². The minimum Gasteiger partial charge on any atom is -0.265 e. The highest BCUT2D eigenvalue weighted by Crippen LogP contribution is 2.18. The molecule has 0 fully saturated rings. The third-order valence-corrected chi connectivity index (χ3v) is 4.31. The van der Waals surface area contributed by atoms with Crippen LogP contribution in [0, 0.1) is 5.82 Å². The third-order valence-electron chi connectivity index (χ3n) is 3.78. The van der Waals surface area contributed by atoms with Gasteiger partial charge in [-0.3, -0.25) is 4.79 Å². The fourth-order valence-electron chi connectivity index (χ4n) is 2.47. The van der Waals surface area contributed by atoms with E-state index in [0.29, 0.717) is 5.56 Å². The van der Waals surface area contributed by atoms with E-state index < -0.39 is 5.56 Å². The van der Waals surface area contributed by atoms with E-state index in [1.54, 1.807) is 6.21 Å². The molecule has 0 N–H and O–H groups in total. The number of nitrogens with zero attached hydrogens (tertiary/aromatic N) is 5. The molecule has 0 amide bonds. The van der Waals surface area contributed by atoms with E-state index in [-0.39, 0.29) is 22.8 Å². The summed E-state index contributed by atoms with van der Waals surface area (Å²) in [6.07, 6.45) is 4.43. The Morgan fingerprint density at radius 1 is 1.00 bits per heavy atom. The number of aromatic nitrogens is 4. The molecule has 0 aliphatic heterocycles. The van der Waals surface area contributed by atoms with E-state index in [0.717, 1.165) is 14.7 Å². The van der Waals surface area contributed by atoms with E-state index >= 15 is 0 Å². The monoisotopic (exact) mass is 423 g/mol. The summed E-state index contributed by atoms with van der Waals surface area (Å²) >= 11 is 3.37. The van der Waals surface area contributed by atoms with Gasteiger partial charge >= 0.3 is 5.56 Å². The molecule has 0 saturated heterocycles. The zero-order valence-corrected chi connectivity index (χ0v) is 15.3. The van der Waals surface area contributed by atoms with Crippen LogP contribution in [0.4, 0.5) is 4.39 Å². The molecule has 0 saturated carbocycles. The molecule has 0 aliphatic rings. The summed E-state index contributed by atoms with van der Waals surface area (Å²) in [7, 11) is 0. The lowest BCUT2D eigenvalue weighted by Gasteiger charge is -2.08. The maximum Gasteiger partial charge on any atom is 0.302 e. The van der Waals surface area contributed by atoms with Gasteiger partial charge in [-0.25, -0.2) is 19.3 Å². The summed E-state index contributed by atoms with van der Waals surface area (Å²) in [4.78, 5) is 25.5. The van der Waals surface area contributed by atoms with Gasteiger partial charge in [-0.1, -0.05) is 28.1 Å². The van der Waals surface area contributed by atoms with Crippen molar-refractivity contribution in [3.05, 3.63) is 87.1 Å². The Morgan fingerprint density at radius 2 is 1.70 bits per heavy atom. The van der Waals surface area contributed by atoms with E-state index in [1.807, 2.05) is 24.3 Å². The van der Waals surface area contributed by atoms with Crippen LogP contribution in [0.15, 0.2) is 75.3 Å². The fraction of sp³-hybridized carbons (Fsp3) is 0. The number of hydrogen-bond donors (Lipinski definition) is 0. The third kappa shape index (κ3) is 3.52. The molecule has 6 nitrogen and oxygen atoms in total. The van der Waals surface area contributed by atoms with Gasteiger partial charge in [0.1, 0.15) is 5.82 Å². The lowest BCUT2D eigenvalue weighted by Crippen LogP contribution is -2.21. The van der Waals surface area contributed by atoms with Crippen LogP contribution in [0.3, 0.4) is 0 Å². The normalized spacial score (nSPS) is 11.3. The first-order valence-electron chi connectivity index (χ1n) is 7.91. The molecule has 0 radical (unpaired) electrons. The molecule has 0 bridgehead atoms. The summed E-state index contributed by atoms with van der Waals surface area (Å²) in [5.41, 5.74) is 1.19. The van der Waals surface area contributed by atoms with E-state index in [4.69, 9.17) is 0 Å². The average Bonchev–Trinajstić information content (AvgIpc) is 2.69. The van der Waals surface area contributed by atoms with Crippen LogP contribution in [-0.2, 0) is 0 Å². The highest BCUT2D eigenvalue weighted by molar-refractivity contribution is 9.10. The summed E-state index contributed by atoms with van der Waals surface area (Å²) < 4.78 is 15.4. The molecule has 2 aromatic heterocycles. The van der Waals surface area contributed by atoms with Crippen LogP contribution < -0.4 is 5.56 Å². The number of rotatable bonds is 3. The molecule has 8 heteroatoms. The van der Waals surface area contributed by atoms with E-state index in [1.165, 1.54) is 36.7 Å². The van der Waals surface area contributed by atoms with Crippen molar-refractivity contribution in [3.63, 3.8) is 0 Å². The Labute approximate surface area is 161 Å². The van der Waals surface area contributed by atoms with Crippen LogP contribution >= 0.6 is 15.9 Å². The zero-order valence-electron chi connectivity index (χ0n) is 13.8. The molecule has 0 atom stereocenters. The fourth-order valence-corrected chi connectivity index (χ4v) is 2.74. The van der Waals surface area contributed by atoms with Crippen LogP contribution in [-0.4, -0.2) is 25.8 Å². The van der Waals surface area contributed by atoms with E-state index in [9.17, 15) is 9.18 Å². The van der Waals surface area contributed by atoms with Gasteiger partial charge in [0.25, 0.3) is 0 Å². The predicted octanol–water partition coefficient (Wildman–Crippen LogP) is 3.64. The Kier molecular flexibility index (Phi) is 4.55. The van der Waals surface area contributed by atoms with Gasteiger partial charge < -0.3 is 0 Å². The highest BCUT2D eigenvalue weighted by Gasteiger charge is 2.14. The largest absolute Gasteiger partial charge is 0.302 e. The number of benzene rings is 2. The average molecular weight is 424 g/mol. The lowest BCUT2D eigenvalue weighted by atomic mass is 10.2. The Balaban J connectivity index is 1.92. The van der Waals surface area contributed by atoms with Crippen LogP contribution in [0.2, 0.25) is 0 Å². The summed E-state index contributed by atoms with van der Waals surface area (Å²) in [5, 5.41) is 4.29. The molecule has 0 spiro atoms. The van der Waals surface area contributed by atoms with Crippen molar-refractivity contribution in [2.75, 3.05) is 0 Å². The summed E-state index contributed by atoms with van der Waals surface area (Å²) in [6.45, 7) is 0. The maximum atomic E-state index is 13.3. The molecule has 27 heavy (non-hydrogen) atoms. The minimum absolute atomic E-state index is 0.108.